The monoisotopic (exact) mass is 382 g/mol. The van der Waals surface area contributed by atoms with Crippen LogP contribution in [0.1, 0.15) is 77.6 Å². The van der Waals surface area contributed by atoms with Gasteiger partial charge in [-0.25, -0.2) is 0 Å². The Morgan fingerprint density at radius 3 is 2.56 bits per heavy atom. The summed E-state index contributed by atoms with van der Waals surface area (Å²) in [4.78, 5) is 10.4. The molecule has 1 rings (SSSR count). The number of hydrogen-bond acceptors (Lipinski definition) is 4. The van der Waals surface area contributed by atoms with Crippen molar-refractivity contribution < 1.29 is 25.2 Å². The molecule has 5 atom stereocenters. The van der Waals surface area contributed by atoms with Crippen LogP contribution in [0.2, 0.25) is 0 Å². The third-order valence-corrected chi connectivity index (χ3v) is 5.42. The first kappa shape index (κ1) is 23.9. The zero-order chi connectivity index (χ0) is 20.1. The largest absolute Gasteiger partial charge is 0.481 e. The van der Waals surface area contributed by atoms with Crippen LogP contribution in [0.3, 0.4) is 0 Å². The number of aliphatic hydroxyl groups excluding tert-OH is 3. The fourth-order valence-corrected chi connectivity index (χ4v) is 3.81. The summed E-state index contributed by atoms with van der Waals surface area (Å²) in [5, 5.41) is 39.1. The normalized spacial score (nSPS) is 27.0. The van der Waals surface area contributed by atoms with Crippen LogP contribution in [0.25, 0.3) is 0 Å². The third-order valence-electron chi connectivity index (χ3n) is 5.42. The average molecular weight is 383 g/mol. The van der Waals surface area contributed by atoms with Gasteiger partial charge in [-0.15, -0.1) is 0 Å². The summed E-state index contributed by atoms with van der Waals surface area (Å²) >= 11 is 0. The van der Waals surface area contributed by atoms with Gasteiger partial charge in [-0.1, -0.05) is 56.9 Å². The van der Waals surface area contributed by atoms with Gasteiger partial charge in [0.15, 0.2) is 0 Å². The van der Waals surface area contributed by atoms with Gasteiger partial charge in [0.1, 0.15) is 0 Å². The molecule has 0 aromatic heterocycles. The van der Waals surface area contributed by atoms with E-state index in [4.69, 9.17) is 5.11 Å². The molecular weight excluding hydrogens is 344 g/mol. The number of aliphatic hydroxyl groups is 3. The predicted molar refractivity (Wildman–Crippen MR) is 107 cm³/mol. The van der Waals surface area contributed by atoms with Gasteiger partial charge < -0.3 is 20.4 Å². The number of unbranched alkanes of at least 4 members (excludes halogenated alkanes) is 5. The lowest BCUT2D eigenvalue weighted by molar-refractivity contribution is -0.137. The van der Waals surface area contributed by atoms with Crippen LogP contribution < -0.4 is 0 Å². The third kappa shape index (κ3) is 10.1. The topological polar surface area (TPSA) is 98.0 Å². The van der Waals surface area contributed by atoms with E-state index in [1.807, 2.05) is 18.2 Å². The Hall–Kier alpha value is -1.17. The SMILES string of the molecule is CCCCC[C@H]1[C@H](/C=C/[C@@H](O)C/C=C\CCCCCC(=O)O)[C@H](O)C[C@@H]1O. The Balaban J connectivity index is 2.30. The molecule has 0 spiro atoms. The maximum absolute atomic E-state index is 10.4. The van der Waals surface area contributed by atoms with Crippen molar-refractivity contribution >= 4 is 5.97 Å². The van der Waals surface area contributed by atoms with Crippen LogP contribution in [-0.4, -0.2) is 44.7 Å². The highest BCUT2D eigenvalue weighted by atomic mass is 16.4. The zero-order valence-electron chi connectivity index (χ0n) is 16.7. The van der Waals surface area contributed by atoms with Crippen LogP contribution >= 0.6 is 0 Å². The van der Waals surface area contributed by atoms with Crippen LogP contribution in [-0.2, 0) is 4.79 Å². The van der Waals surface area contributed by atoms with Gasteiger partial charge in [0.05, 0.1) is 18.3 Å². The second-order valence-electron chi connectivity index (χ2n) is 7.76. The molecule has 1 aliphatic carbocycles. The van der Waals surface area contributed by atoms with E-state index in [1.54, 1.807) is 6.08 Å². The molecule has 4 N–H and O–H groups in total. The molecule has 1 saturated carbocycles. The number of allylic oxidation sites excluding steroid dienone is 1. The summed E-state index contributed by atoms with van der Waals surface area (Å²) in [6.07, 6.45) is 14.9. The van der Waals surface area contributed by atoms with Gasteiger partial charge in [-0.2, -0.15) is 0 Å². The molecule has 1 fully saturated rings. The Morgan fingerprint density at radius 2 is 1.85 bits per heavy atom. The van der Waals surface area contributed by atoms with Gasteiger partial charge in [0.2, 0.25) is 0 Å². The molecule has 0 radical (unpaired) electrons. The molecule has 0 amide bonds. The lowest BCUT2D eigenvalue weighted by atomic mass is 9.88. The lowest BCUT2D eigenvalue weighted by Crippen LogP contribution is -2.21. The van der Waals surface area contributed by atoms with Gasteiger partial charge in [0, 0.05) is 18.8 Å². The van der Waals surface area contributed by atoms with Crippen molar-refractivity contribution in [3.63, 3.8) is 0 Å². The average Bonchev–Trinajstić information content (AvgIpc) is 2.88. The first-order valence-electron chi connectivity index (χ1n) is 10.5. The predicted octanol–water partition coefficient (Wildman–Crippen LogP) is 3.82. The maximum Gasteiger partial charge on any atom is 0.303 e. The molecule has 0 unspecified atom stereocenters. The van der Waals surface area contributed by atoms with E-state index >= 15 is 0 Å². The van der Waals surface area contributed by atoms with E-state index in [0.717, 1.165) is 44.9 Å². The summed E-state index contributed by atoms with van der Waals surface area (Å²) in [5.74, 6) is -0.742. The van der Waals surface area contributed by atoms with Crippen molar-refractivity contribution in [3.05, 3.63) is 24.3 Å². The molecule has 0 aliphatic heterocycles. The van der Waals surface area contributed by atoms with Crippen LogP contribution in [0.15, 0.2) is 24.3 Å². The highest BCUT2D eigenvalue weighted by Gasteiger charge is 2.39. The fraction of sp³-hybridized carbons (Fsp3) is 0.773. The van der Waals surface area contributed by atoms with Crippen molar-refractivity contribution in [2.45, 2.75) is 95.9 Å². The molecule has 0 aromatic rings. The van der Waals surface area contributed by atoms with E-state index in [-0.39, 0.29) is 18.3 Å². The summed E-state index contributed by atoms with van der Waals surface area (Å²) in [5.41, 5.74) is 0. The summed E-state index contributed by atoms with van der Waals surface area (Å²) in [6, 6.07) is 0. The first-order chi connectivity index (χ1) is 13.0. The minimum atomic E-state index is -0.743. The number of carboxylic acid groups (broad SMARTS) is 1. The smallest absolute Gasteiger partial charge is 0.303 e. The van der Waals surface area contributed by atoms with Crippen LogP contribution in [0, 0.1) is 11.8 Å². The Labute approximate surface area is 163 Å². The van der Waals surface area contributed by atoms with Crippen molar-refractivity contribution in [2.24, 2.45) is 11.8 Å². The second-order valence-corrected chi connectivity index (χ2v) is 7.76. The van der Waals surface area contributed by atoms with E-state index in [9.17, 15) is 20.1 Å². The quantitative estimate of drug-likeness (QED) is 0.270. The molecular formula is C22H38O5. The van der Waals surface area contributed by atoms with Crippen molar-refractivity contribution in [3.8, 4) is 0 Å². The van der Waals surface area contributed by atoms with Crippen LogP contribution in [0.5, 0.6) is 0 Å². The number of carboxylic acids is 1. The summed E-state index contributed by atoms with van der Waals surface area (Å²) in [7, 11) is 0. The minimum absolute atomic E-state index is 0.0790. The fourth-order valence-electron chi connectivity index (χ4n) is 3.81. The second kappa shape index (κ2) is 13.9. The van der Waals surface area contributed by atoms with Gasteiger partial charge in [0.25, 0.3) is 0 Å². The minimum Gasteiger partial charge on any atom is -0.481 e. The maximum atomic E-state index is 10.4. The Morgan fingerprint density at radius 1 is 1.07 bits per heavy atom. The molecule has 5 heteroatoms. The Bertz CT molecular complexity index is 460. The van der Waals surface area contributed by atoms with Crippen molar-refractivity contribution in [2.75, 3.05) is 0 Å². The van der Waals surface area contributed by atoms with E-state index in [2.05, 4.69) is 6.92 Å². The highest BCUT2D eigenvalue weighted by molar-refractivity contribution is 5.66. The number of carbonyl (C=O) groups is 1. The molecule has 0 aromatic carbocycles. The van der Waals surface area contributed by atoms with Crippen molar-refractivity contribution in [1.29, 1.82) is 0 Å². The summed E-state index contributed by atoms with van der Waals surface area (Å²) < 4.78 is 0. The molecule has 27 heavy (non-hydrogen) atoms. The van der Waals surface area contributed by atoms with Gasteiger partial charge in [-0.05, 0) is 38.0 Å². The number of aliphatic carboxylic acids is 1. The standard InChI is InChI=1S/C22H38O5/c1-2-3-8-12-18-19(21(25)16-20(18)24)15-14-17(23)11-9-6-4-5-7-10-13-22(26)27/h6,9,14-15,17-21,23-25H,2-5,7-8,10-13,16H2,1H3,(H,26,27)/b9-6-,15-14+/t17-,18-,19-,20-,21+/m0/s1. The molecule has 1 aliphatic rings. The van der Waals surface area contributed by atoms with Gasteiger partial charge >= 0.3 is 5.97 Å². The van der Waals surface area contributed by atoms with E-state index in [0.29, 0.717) is 19.3 Å². The van der Waals surface area contributed by atoms with Crippen molar-refractivity contribution in [1.82, 2.24) is 0 Å². The highest BCUT2D eigenvalue weighted by Crippen LogP contribution is 2.37. The Kier molecular flexibility index (Phi) is 12.3. The lowest BCUT2D eigenvalue weighted by Gasteiger charge is -2.21. The summed E-state index contributed by atoms with van der Waals surface area (Å²) in [6.45, 7) is 2.15. The zero-order valence-corrected chi connectivity index (χ0v) is 16.7. The number of rotatable bonds is 14. The molecule has 0 heterocycles. The molecule has 0 bridgehead atoms. The van der Waals surface area contributed by atoms with E-state index in [1.165, 1.54) is 0 Å². The molecule has 156 valence electrons. The van der Waals surface area contributed by atoms with Gasteiger partial charge in [-0.3, -0.25) is 4.79 Å². The van der Waals surface area contributed by atoms with Crippen LogP contribution in [0.4, 0.5) is 0 Å². The molecule has 0 saturated heterocycles. The molecule has 5 nitrogen and oxygen atoms in total. The van der Waals surface area contributed by atoms with E-state index < -0.39 is 24.3 Å². The number of hydrogen-bond donors (Lipinski definition) is 4. The first-order valence-corrected chi connectivity index (χ1v) is 10.5.